The molecule has 1 aromatic rings. The largest absolute Gasteiger partial charge is 0.391 e. The second-order valence-electron chi connectivity index (χ2n) is 5.95. The molecule has 17 heavy (non-hydrogen) atoms. The van der Waals surface area contributed by atoms with E-state index >= 15 is 0 Å². The van der Waals surface area contributed by atoms with Crippen LogP contribution in [-0.4, -0.2) is 23.7 Å². The summed E-state index contributed by atoms with van der Waals surface area (Å²) in [6.07, 6.45) is 0. The maximum absolute atomic E-state index is 9.41. The lowest BCUT2D eigenvalue weighted by Crippen LogP contribution is -2.22. The molecule has 0 amide bonds. The lowest BCUT2D eigenvalue weighted by atomic mass is 9.91. The van der Waals surface area contributed by atoms with Crippen molar-refractivity contribution in [2.45, 2.75) is 46.6 Å². The van der Waals surface area contributed by atoms with E-state index in [1.54, 1.807) is 11.3 Å². The topological polar surface area (TPSA) is 36.4 Å². The van der Waals surface area contributed by atoms with Crippen LogP contribution in [0, 0.1) is 5.92 Å². The Balaban J connectivity index is 3.00. The summed E-state index contributed by atoms with van der Waals surface area (Å²) in [5, 5.41) is 10.4. The highest BCUT2D eigenvalue weighted by molar-refractivity contribution is 7.15. The van der Waals surface area contributed by atoms with Gasteiger partial charge in [0, 0.05) is 19.0 Å². The molecule has 0 unspecified atom stereocenters. The third-order valence-corrected chi connectivity index (χ3v) is 3.66. The van der Waals surface area contributed by atoms with Crippen molar-refractivity contribution in [3.05, 3.63) is 10.6 Å². The van der Waals surface area contributed by atoms with Gasteiger partial charge in [-0.25, -0.2) is 4.98 Å². The summed E-state index contributed by atoms with van der Waals surface area (Å²) in [5.41, 5.74) is 1.02. The predicted octanol–water partition coefficient (Wildman–Crippen LogP) is 3.03. The summed E-state index contributed by atoms with van der Waals surface area (Å²) in [6, 6.07) is 0. The van der Waals surface area contributed by atoms with E-state index in [9.17, 15) is 5.11 Å². The molecule has 1 aromatic heterocycles. The molecular weight excluding hydrogens is 232 g/mol. The molecule has 4 heteroatoms. The number of nitrogens with zero attached hydrogens (tertiary/aromatic N) is 2. The summed E-state index contributed by atoms with van der Waals surface area (Å²) in [4.78, 5) is 7.85. The first kappa shape index (κ1) is 14.5. The fourth-order valence-corrected chi connectivity index (χ4v) is 2.92. The number of hydrogen-bond donors (Lipinski definition) is 1. The quantitative estimate of drug-likeness (QED) is 0.899. The van der Waals surface area contributed by atoms with Crippen LogP contribution in [0.5, 0.6) is 0 Å². The number of aromatic nitrogens is 1. The van der Waals surface area contributed by atoms with Gasteiger partial charge >= 0.3 is 0 Å². The summed E-state index contributed by atoms with van der Waals surface area (Å²) in [6.45, 7) is 11.9. The van der Waals surface area contributed by atoms with Gasteiger partial charge in [-0.3, -0.25) is 0 Å². The van der Waals surface area contributed by atoms with Crippen LogP contribution in [0.15, 0.2) is 0 Å². The van der Waals surface area contributed by atoms with Crippen molar-refractivity contribution in [2.75, 3.05) is 18.5 Å². The molecule has 0 aliphatic carbocycles. The lowest BCUT2D eigenvalue weighted by Gasteiger charge is -2.19. The van der Waals surface area contributed by atoms with Crippen molar-refractivity contribution in [3.63, 3.8) is 0 Å². The summed E-state index contributed by atoms with van der Waals surface area (Å²) < 4.78 is 0. The van der Waals surface area contributed by atoms with Crippen molar-refractivity contribution in [2.24, 2.45) is 5.92 Å². The molecule has 1 N–H and O–H groups in total. The highest BCUT2D eigenvalue weighted by Gasteiger charge is 2.23. The van der Waals surface area contributed by atoms with Gasteiger partial charge in [0.05, 0.1) is 17.2 Å². The van der Waals surface area contributed by atoms with Gasteiger partial charge in [0.15, 0.2) is 5.13 Å². The van der Waals surface area contributed by atoms with E-state index < -0.39 is 0 Å². The van der Waals surface area contributed by atoms with E-state index in [1.165, 1.54) is 0 Å². The van der Waals surface area contributed by atoms with Crippen molar-refractivity contribution in [1.82, 2.24) is 4.98 Å². The Morgan fingerprint density at radius 2 is 1.94 bits per heavy atom. The SMILES string of the molecule is CC(C)CN(C)c1nc(C(C)(C)C)c(CO)s1. The Labute approximate surface area is 108 Å². The van der Waals surface area contributed by atoms with Crippen LogP contribution in [0.2, 0.25) is 0 Å². The molecule has 3 nitrogen and oxygen atoms in total. The maximum atomic E-state index is 9.41. The van der Waals surface area contributed by atoms with Gasteiger partial charge in [-0.1, -0.05) is 46.0 Å². The van der Waals surface area contributed by atoms with E-state index in [1.807, 2.05) is 0 Å². The summed E-state index contributed by atoms with van der Waals surface area (Å²) in [7, 11) is 2.06. The fraction of sp³-hybridized carbons (Fsp3) is 0.769. The zero-order valence-corrected chi connectivity index (χ0v) is 12.6. The van der Waals surface area contributed by atoms with Crippen LogP contribution in [0.1, 0.15) is 45.2 Å². The number of thiazole rings is 1. The summed E-state index contributed by atoms with van der Waals surface area (Å²) >= 11 is 1.60. The molecule has 0 saturated heterocycles. The normalized spacial score (nSPS) is 12.2. The molecule has 0 atom stereocenters. The Kier molecular flexibility index (Phi) is 4.55. The first-order valence-electron chi connectivity index (χ1n) is 6.08. The zero-order chi connectivity index (χ0) is 13.2. The average Bonchev–Trinajstić information content (AvgIpc) is 2.59. The minimum Gasteiger partial charge on any atom is -0.391 e. The molecule has 0 saturated carbocycles. The Hall–Kier alpha value is -0.610. The third-order valence-electron chi connectivity index (χ3n) is 2.51. The molecule has 0 radical (unpaired) electrons. The molecule has 0 aliphatic heterocycles. The van der Waals surface area contributed by atoms with Gasteiger partial charge in [0.2, 0.25) is 0 Å². The van der Waals surface area contributed by atoms with E-state index in [2.05, 4.69) is 51.6 Å². The van der Waals surface area contributed by atoms with Gasteiger partial charge in [-0.05, 0) is 5.92 Å². The number of rotatable bonds is 4. The van der Waals surface area contributed by atoms with Gasteiger partial charge in [0.1, 0.15) is 0 Å². The van der Waals surface area contributed by atoms with Crippen LogP contribution in [-0.2, 0) is 12.0 Å². The van der Waals surface area contributed by atoms with Crippen molar-refractivity contribution in [1.29, 1.82) is 0 Å². The Morgan fingerprint density at radius 3 is 2.29 bits per heavy atom. The van der Waals surface area contributed by atoms with Crippen LogP contribution in [0.3, 0.4) is 0 Å². The molecule has 1 rings (SSSR count). The van der Waals surface area contributed by atoms with E-state index in [-0.39, 0.29) is 12.0 Å². The summed E-state index contributed by atoms with van der Waals surface area (Å²) in [5.74, 6) is 0.611. The second-order valence-corrected chi connectivity index (χ2v) is 7.01. The molecule has 98 valence electrons. The predicted molar refractivity (Wildman–Crippen MR) is 74.8 cm³/mol. The van der Waals surface area contributed by atoms with Gasteiger partial charge in [-0.2, -0.15) is 0 Å². The Morgan fingerprint density at radius 1 is 1.35 bits per heavy atom. The third kappa shape index (κ3) is 3.68. The van der Waals surface area contributed by atoms with Crippen molar-refractivity contribution < 1.29 is 5.11 Å². The van der Waals surface area contributed by atoms with Crippen LogP contribution in [0.25, 0.3) is 0 Å². The van der Waals surface area contributed by atoms with Crippen LogP contribution < -0.4 is 4.90 Å². The minimum atomic E-state index is -0.00845. The van der Waals surface area contributed by atoms with E-state index in [4.69, 9.17) is 0 Å². The molecule has 0 bridgehead atoms. The lowest BCUT2D eigenvalue weighted by molar-refractivity contribution is 0.282. The van der Waals surface area contributed by atoms with Crippen molar-refractivity contribution in [3.8, 4) is 0 Å². The number of aliphatic hydroxyl groups excluding tert-OH is 1. The molecule has 0 spiro atoms. The number of aliphatic hydroxyl groups is 1. The fourth-order valence-electron chi connectivity index (χ4n) is 1.82. The number of anilines is 1. The van der Waals surface area contributed by atoms with Gasteiger partial charge in [0.25, 0.3) is 0 Å². The molecule has 0 aromatic carbocycles. The Bertz CT molecular complexity index is 366. The maximum Gasteiger partial charge on any atom is 0.185 e. The van der Waals surface area contributed by atoms with E-state index in [0.717, 1.165) is 22.2 Å². The minimum absolute atomic E-state index is 0.00845. The molecule has 0 aliphatic rings. The van der Waals surface area contributed by atoms with E-state index in [0.29, 0.717) is 5.92 Å². The second kappa shape index (κ2) is 5.36. The van der Waals surface area contributed by atoms with Crippen LogP contribution >= 0.6 is 11.3 Å². The van der Waals surface area contributed by atoms with Crippen LogP contribution in [0.4, 0.5) is 5.13 Å². The first-order chi connectivity index (χ1) is 7.75. The highest BCUT2D eigenvalue weighted by atomic mass is 32.1. The molecular formula is C13H24N2OS. The smallest absolute Gasteiger partial charge is 0.185 e. The highest BCUT2D eigenvalue weighted by Crippen LogP contribution is 2.33. The molecule has 0 fully saturated rings. The molecule has 1 heterocycles. The zero-order valence-electron chi connectivity index (χ0n) is 11.7. The number of hydrogen-bond acceptors (Lipinski definition) is 4. The first-order valence-corrected chi connectivity index (χ1v) is 6.89. The monoisotopic (exact) mass is 256 g/mol. The van der Waals surface area contributed by atoms with Gasteiger partial charge < -0.3 is 10.0 Å². The standard InChI is InChI=1S/C13H24N2OS/c1-9(2)7-15(6)12-14-11(13(3,4)5)10(8-16)17-12/h9,16H,7-8H2,1-6H3. The van der Waals surface area contributed by atoms with Gasteiger partial charge in [-0.15, -0.1) is 0 Å². The van der Waals surface area contributed by atoms with Crippen molar-refractivity contribution >= 4 is 16.5 Å². The average molecular weight is 256 g/mol.